The zero-order valence-electron chi connectivity index (χ0n) is 8.78. The summed E-state index contributed by atoms with van der Waals surface area (Å²) in [5, 5.41) is 13.5. The van der Waals surface area contributed by atoms with Crippen molar-refractivity contribution in [3.05, 3.63) is 18.5 Å². The van der Waals surface area contributed by atoms with Gasteiger partial charge in [-0.1, -0.05) is 3.89 Å². The summed E-state index contributed by atoms with van der Waals surface area (Å²) < 4.78 is 35.8. The van der Waals surface area contributed by atoms with Gasteiger partial charge in [-0.05, 0) is 13.0 Å². The summed E-state index contributed by atoms with van der Waals surface area (Å²) in [4.78, 5) is 0. The molecule has 0 saturated heterocycles. The maximum absolute atomic E-state index is 12.9. The lowest BCUT2D eigenvalue weighted by molar-refractivity contribution is 0.527. The normalized spacial score (nSPS) is 11.6. The zero-order chi connectivity index (χ0) is 12.5. The molecule has 9 heteroatoms. The number of halogens is 1. The molecule has 0 amide bonds. The Morgan fingerprint density at radius 1 is 1.35 bits per heavy atom. The first-order chi connectivity index (χ1) is 8.04. The minimum Gasteiger partial charge on any atom is -0.296 e. The largest absolute Gasteiger partial charge is 0.368 e. The zero-order valence-corrected chi connectivity index (χ0v) is 9.59. The second kappa shape index (κ2) is 4.17. The van der Waals surface area contributed by atoms with Crippen LogP contribution < -0.4 is 0 Å². The third-order valence-corrected chi connectivity index (χ3v) is 2.83. The molecule has 90 valence electrons. The predicted molar refractivity (Wildman–Crippen MR) is 55.0 cm³/mol. The standard InChI is InChI=1S/C8H8FN5O2S/c1-2-14-7(6-3-4-10-11-5-6)12-13-8(14)17(9,15)16/h3-5H,2H2,1H3. The van der Waals surface area contributed by atoms with E-state index >= 15 is 0 Å². The van der Waals surface area contributed by atoms with Gasteiger partial charge in [0.15, 0.2) is 5.82 Å². The maximum Gasteiger partial charge on any atom is 0.368 e. The topological polar surface area (TPSA) is 90.6 Å². The van der Waals surface area contributed by atoms with Gasteiger partial charge in [0.2, 0.25) is 0 Å². The molecular formula is C8H8FN5O2S. The van der Waals surface area contributed by atoms with Gasteiger partial charge in [-0.3, -0.25) is 4.57 Å². The number of nitrogens with zero attached hydrogens (tertiary/aromatic N) is 5. The molecule has 0 aromatic carbocycles. The van der Waals surface area contributed by atoms with Crippen molar-refractivity contribution in [2.75, 3.05) is 0 Å². The van der Waals surface area contributed by atoms with Crippen molar-refractivity contribution in [1.82, 2.24) is 25.0 Å². The fourth-order valence-corrected chi connectivity index (χ4v) is 2.01. The fraction of sp³-hybridized carbons (Fsp3) is 0.250. The summed E-state index contributed by atoms with van der Waals surface area (Å²) in [7, 11) is -4.88. The molecule has 17 heavy (non-hydrogen) atoms. The van der Waals surface area contributed by atoms with Gasteiger partial charge in [0.1, 0.15) is 0 Å². The van der Waals surface area contributed by atoms with E-state index in [9.17, 15) is 12.3 Å². The van der Waals surface area contributed by atoms with Gasteiger partial charge in [0.05, 0.1) is 12.4 Å². The summed E-state index contributed by atoms with van der Waals surface area (Å²) in [6.07, 6.45) is 2.82. The Bertz CT molecular complexity index is 625. The lowest BCUT2D eigenvalue weighted by Gasteiger charge is -2.03. The number of hydrogen-bond acceptors (Lipinski definition) is 6. The van der Waals surface area contributed by atoms with E-state index < -0.39 is 15.4 Å². The lowest BCUT2D eigenvalue weighted by atomic mass is 10.3. The van der Waals surface area contributed by atoms with E-state index in [2.05, 4.69) is 20.4 Å². The van der Waals surface area contributed by atoms with Crippen LogP contribution in [0.4, 0.5) is 3.89 Å². The van der Waals surface area contributed by atoms with E-state index in [1.165, 1.54) is 12.4 Å². The molecule has 0 aliphatic rings. The maximum atomic E-state index is 12.9. The van der Waals surface area contributed by atoms with Gasteiger partial charge < -0.3 is 0 Å². The summed E-state index contributed by atoms with van der Waals surface area (Å²) >= 11 is 0. The molecule has 0 saturated carbocycles. The van der Waals surface area contributed by atoms with Crippen LogP contribution in [0.2, 0.25) is 0 Å². The highest BCUT2D eigenvalue weighted by Gasteiger charge is 2.23. The fourth-order valence-electron chi connectivity index (χ4n) is 1.39. The molecule has 0 aliphatic heterocycles. The second-order valence-electron chi connectivity index (χ2n) is 3.12. The van der Waals surface area contributed by atoms with Crippen LogP contribution in [0.15, 0.2) is 23.6 Å². The monoisotopic (exact) mass is 257 g/mol. The van der Waals surface area contributed by atoms with Crippen molar-refractivity contribution < 1.29 is 12.3 Å². The van der Waals surface area contributed by atoms with Crippen molar-refractivity contribution in [2.24, 2.45) is 0 Å². The second-order valence-corrected chi connectivity index (χ2v) is 4.36. The van der Waals surface area contributed by atoms with Gasteiger partial charge >= 0.3 is 10.2 Å². The van der Waals surface area contributed by atoms with Crippen LogP contribution in [0.3, 0.4) is 0 Å². The highest BCUT2D eigenvalue weighted by Crippen LogP contribution is 2.19. The molecule has 2 heterocycles. The van der Waals surface area contributed by atoms with Crippen molar-refractivity contribution >= 4 is 10.2 Å². The molecule has 0 unspecified atom stereocenters. The Labute approximate surface area is 96.5 Å². The van der Waals surface area contributed by atoms with Crippen LogP contribution in [0.5, 0.6) is 0 Å². The van der Waals surface area contributed by atoms with Crippen LogP contribution in [0.25, 0.3) is 11.4 Å². The minimum absolute atomic E-state index is 0.225. The van der Waals surface area contributed by atoms with Crippen molar-refractivity contribution in [1.29, 1.82) is 0 Å². The summed E-state index contributed by atoms with van der Waals surface area (Å²) in [6, 6.07) is 1.58. The van der Waals surface area contributed by atoms with E-state index in [0.29, 0.717) is 5.56 Å². The van der Waals surface area contributed by atoms with Gasteiger partial charge in [0, 0.05) is 12.1 Å². The number of hydrogen-bond donors (Lipinski definition) is 0. The highest BCUT2D eigenvalue weighted by molar-refractivity contribution is 7.86. The SMILES string of the molecule is CCn1c(-c2ccnnc2)nnc1S(=O)(=O)F. The molecule has 0 radical (unpaired) electrons. The van der Waals surface area contributed by atoms with Crippen LogP contribution in [0, 0.1) is 0 Å². The van der Waals surface area contributed by atoms with E-state index in [1.54, 1.807) is 13.0 Å². The molecule has 0 spiro atoms. The van der Waals surface area contributed by atoms with Crippen LogP contribution in [-0.2, 0) is 16.8 Å². The van der Waals surface area contributed by atoms with Crippen LogP contribution >= 0.6 is 0 Å². The van der Waals surface area contributed by atoms with E-state index in [1.807, 2.05) is 0 Å². The molecule has 2 aromatic heterocycles. The van der Waals surface area contributed by atoms with Gasteiger partial charge in [-0.25, -0.2) is 0 Å². The molecular weight excluding hydrogens is 249 g/mol. The van der Waals surface area contributed by atoms with Gasteiger partial charge in [0.25, 0.3) is 5.16 Å². The van der Waals surface area contributed by atoms with Crippen LogP contribution in [-0.4, -0.2) is 33.4 Å². The average Bonchev–Trinajstić information content (AvgIpc) is 2.73. The molecule has 0 aliphatic carbocycles. The van der Waals surface area contributed by atoms with E-state index in [4.69, 9.17) is 0 Å². The Kier molecular flexibility index (Phi) is 2.84. The summed E-state index contributed by atoms with van der Waals surface area (Å²) in [6.45, 7) is 1.89. The highest BCUT2D eigenvalue weighted by atomic mass is 32.3. The molecule has 2 aromatic rings. The Morgan fingerprint density at radius 2 is 2.12 bits per heavy atom. The Morgan fingerprint density at radius 3 is 2.65 bits per heavy atom. The van der Waals surface area contributed by atoms with Crippen LogP contribution in [0.1, 0.15) is 6.92 Å². The summed E-state index contributed by atoms with van der Waals surface area (Å²) in [5.41, 5.74) is 0.518. The first-order valence-electron chi connectivity index (χ1n) is 4.69. The van der Waals surface area contributed by atoms with Gasteiger partial charge in [-0.2, -0.15) is 18.6 Å². The molecule has 7 nitrogen and oxygen atoms in total. The summed E-state index contributed by atoms with van der Waals surface area (Å²) in [5.74, 6) is 0.235. The van der Waals surface area contributed by atoms with Crippen molar-refractivity contribution in [2.45, 2.75) is 18.6 Å². The molecule has 0 N–H and O–H groups in total. The van der Waals surface area contributed by atoms with Crippen molar-refractivity contribution in [3.63, 3.8) is 0 Å². The van der Waals surface area contributed by atoms with E-state index in [0.717, 1.165) is 4.57 Å². The molecule has 0 fully saturated rings. The van der Waals surface area contributed by atoms with Crippen molar-refractivity contribution in [3.8, 4) is 11.4 Å². The third-order valence-electron chi connectivity index (χ3n) is 2.09. The molecule has 2 rings (SSSR count). The Hall–Kier alpha value is -1.90. The Balaban J connectivity index is 2.62. The average molecular weight is 257 g/mol. The quantitative estimate of drug-likeness (QED) is 0.740. The molecule has 0 atom stereocenters. The third kappa shape index (κ3) is 2.13. The lowest BCUT2D eigenvalue weighted by Crippen LogP contribution is -2.06. The smallest absolute Gasteiger partial charge is 0.296 e. The first kappa shape index (κ1) is 11.6. The number of aromatic nitrogens is 5. The predicted octanol–water partition coefficient (Wildman–Crippen LogP) is 0.413. The first-order valence-corrected chi connectivity index (χ1v) is 6.07. The minimum atomic E-state index is -4.88. The number of rotatable bonds is 3. The van der Waals surface area contributed by atoms with E-state index in [-0.39, 0.29) is 12.4 Å². The molecule has 0 bridgehead atoms. The van der Waals surface area contributed by atoms with Gasteiger partial charge in [-0.15, -0.1) is 10.2 Å².